The van der Waals surface area contributed by atoms with E-state index in [0.717, 1.165) is 6.26 Å². The van der Waals surface area contributed by atoms with Gasteiger partial charge in [0.2, 0.25) is 0 Å². The third kappa shape index (κ3) is 3.89. The Morgan fingerprint density at radius 2 is 2.13 bits per heavy atom. The van der Waals surface area contributed by atoms with Gasteiger partial charge in [0, 0.05) is 19.3 Å². The number of benzene rings is 1. The van der Waals surface area contributed by atoms with Crippen molar-refractivity contribution in [3.8, 4) is 5.75 Å². The summed E-state index contributed by atoms with van der Waals surface area (Å²) in [6.07, 6.45) is 1.68. The summed E-state index contributed by atoms with van der Waals surface area (Å²) in [7, 11) is -3.19. The summed E-state index contributed by atoms with van der Waals surface area (Å²) in [5.41, 5.74) is 0. The summed E-state index contributed by atoms with van der Waals surface area (Å²) in [5, 5.41) is 8.55. The van der Waals surface area contributed by atoms with Gasteiger partial charge in [0.15, 0.2) is 9.84 Å². The fraction of sp³-hybridized carbons (Fsp3) is 0.400. The van der Waals surface area contributed by atoms with Crippen molar-refractivity contribution in [2.45, 2.75) is 11.3 Å². The SMILES string of the molecule is CS(=O)(=O)c1cccc(OCCCO)c1. The van der Waals surface area contributed by atoms with Crippen LogP contribution in [0.25, 0.3) is 0 Å². The van der Waals surface area contributed by atoms with Crippen molar-refractivity contribution in [2.24, 2.45) is 0 Å². The standard InChI is InChI=1S/C10H14O4S/c1-15(12,13)10-5-2-4-9(8-10)14-7-3-6-11/h2,4-5,8,11H,3,6-7H2,1H3. The van der Waals surface area contributed by atoms with Crippen molar-refractivity contribution in [3.05, 3.63) is 24.3 Å². The number of sulfone groups is 1. The average molecular weight is 230 g/mol. The van der Waals surface area contributed by atoms with E-state index in [1.165, 1.54) is 12.1 Å². The van der Waals surface area contributed by atoms with E-state index >= 15 is 0 Å². The van der Waals surface area contributed by atoms with E-state index in [2.05, 4.69) is 0 Å². The van der Waals surface area contributed by atoms with E-state index in [1.807, 2.05) is 0 Å². The van der Waals surface area contributed by atoms with Gasteiger partial charge in [0.25, 0.3) is 0 Å². The number of hydrogen-bond donors (Lipinski definition) is 1. The molecule has 84 valence electrons. The predicted octanol–water partition coefficient (Wildman–Crippen LogP) is 0.851. The Hall–Kier alpha value is -1.07. The first kappa shape index (κ1) is 12.0. The Kier molecular flexibility index (Phi) is 4.11. The molecule has 0 aliphatic heterocycles. The first-order valence-corrected chi connectivity index (χ1v) is 6.47. The minimum Gasteiger partial charge on any atom is -0.493 e. The molecule has 0 unspecified atom stereocenters. The highest BCUT2D eigenvalue weighted by Crippen LogP contribution is 2.17. The number of rotatable bonds is 5. The van der Waals surface area contributed by atoms with Crippen LogP contribution in [0.2, 0.25) is 0 Å². The van der Waals surface area contributed by atoms with Gasteiger partial charge in [-0.25, -0.2) is 8.42 Å². The molecule has 0 bridgehead atoms. The molecule has 1 N–H and O–H groups in total. The maximum Gasteiger partial charge on any atom is 0.175 e. The van der Waals surface area contributed by atoms with Crippen LogP contribution in [0.4, 0.5) is 0 Å². The quantitative estimate of drug-likeness (QED) is 0.762. The summed E-state index contributed by atoms with van der Waals surface area (Å²) < 4.78 is 27.7. The zero-order valence-electron chi connectivity index (χ0n) is 8.51. The fourth-order valence-electron chi connectivity index (χ4n) is 1.05. The maximum atomic E-state index is 11.2. The van der Waals surface area contributed by atoms with Crippen molar-refractivity contribution in [1.82, 2.24) is 0 Å². The van der Waals surface area contributed by atoms with Crippen LogP contribution in [0.15, 0.2) is 29.2 Å². The van der Waals surface area contributed by atoms with Gasteiger partial charge in [-0.05, 0) is 18.2 Å². The number of hydrogen-bond acceptors (Lipinski definition) is 4. The molecule has 0 atom stereocenters. The molecule has 0 aliphatic rings. The first-order chi connectivity index (χ1) is 7.04. The highest BCUT2D eigenvalue weighted by atomic mass is 32.2. The lowest BCUT2D eigenvalue weighted by molar-refractivity contribution is 0.233. The van der Waals surface area contributed by atoms with Crippen LogP contribution in [-0.4, -0.2) is 33.0 Å². The molecule has 0 spiro atoms. The van der Waals surface area contributed by atoms with E-state index in [-0.39, 0.29) is 11.5 Å². The van der Waals surface area contributed by atoms with Crippen LogP contribution in [0.1, 0.15) is 6.42 Å². The molecular formula is C10H14O4S. The Bertz CT molecular complexity index is 411. The van der Waals surface area contributed by atoms with Crippen molar-refractivity contribution in [1.29, 1.82) is 0 Å². The zero-order valence-corrected chi connectivity index (χ0v) is 9.33. The number of ether oxygens (including phenoxy) is 1. The lowest BCUT2D eigenvalue weighted by Crippen LogP contribution is -2.01. The van der Waals surface area contributed by atoms with Crippen molar-refractivity contribution >= 4 is 9.84 Å². The minimum absolute atomic E-state index is 0.0613. The summed E-state index contributed by atoms with van der Waals surface area (Å²) in [4.78, 5) is 0.240. The molecule has 5 heteroatoms. The van der Waals surface area contributed by atoms with Gasteiger partial charge in [0.05, 0.1) is 11.5 Å². The first-order valence-electron chi connectivity index (χ1n) is 4.58. The van der Waals surface area contributed by atoms with Crippen molar-refractivity contribution < 1.29 is 18.3 Å². The van der Waals surface area contributed by atoms with Gasteiger partial charge < -0.3 is 9.84 Å². The highest BCUT2D eigenvalue weighted by Gasteiger charge is 2.07. The normalized spacial score (nSPS) is 11.3. The van der Waals surface area contributed by atoms with Crippen LogP contribution in [0.3, 0.4) is 0 Å². The van der Waals surface area contributed by atoms with Gasteiger partial charge in [0.1, 0.15) is 5.75 Å². The predicted molar refractivity (Wildman–Crippen MR) is 56.7 cm³/mol. The third-order valence-electron chi connectivity index (χ3n) is 1.80. The Labute approximate surface area is 89.4 Å². The monoisotopic (exact) mass is 230 g/mol. The van der Waals surface area contributed by atoms with Crippen molar-refractivity contribution in [3.63, 3.8) is 0 Å². The van der Waals surface area contributed by atoms with E-state index in [1.54, 1.807) is 12.1 Å². The van der Waals surface area contributed by atoms with Gasteiger partial charge in [-0.2, -0.15) is 0 Å². The number of aliphatic hydroxyl groups is 1. The van der Waals surface area contributed by atoms with Gasteiger partial charge in [-0.3, -0.25) is 0 Å². The molecule has 0 heterocycles. The molecule has 0 aliphatic carbocycles. The van der Waals surface area contributed by atoms with Crippen LogP contribution in [0.5, 0.6) is 5.75 Å². The average Bonchev–Trinajstić information content (AvgIpc) is 2.17. The second-order valence-electron chi connectivity index (χ2n) is 3.17. The topological polar surface area (TPSA) is 63.6 Å². The molecule has 0 saturated heterocycles. The summed E-state index contributed by atoms with van der Waals surface area (Å²) in [6.45, 7) is 0.440. The van der Waals surface area contributed by atoms with E-state index in [4.69, 9.17) is 9.84 Å². The lowest BCUT2D eigenvalue weighted by Gasteiger charge is -2.06. The summed E-state index contributed by atoms with van der Waals surface area (Å²) in [6, 6.07) is 6.32. The lowest BCUT2D eigenvalue weighted by atomic mass is 10.3. The smallest absolute Gasteiger partial charge is 0.175 e. The summed E-state index contributed by atoms with van der Waals surface area (Å²) >= 11 is 0. The molecular weight excluding hydrogens is 216 g/mol. The molecule has 0 radical (unpaired) electrons. The van der Waals surface area contributed by atoms with Crippen LogP contribution in [-0.2, 0) is 9.84 Å². The van der Waals surface area contributed by atoms with Crippen molar-refractivity contribution in [2.75, 3.05) is 19.5 Å². The molecule has 0 fully saturated rings. The third-order valence-corrected chi connectivity index (χ3v) is 2.92. The second kappa shape index (κ2) is 5.14. The molecule has 0 saturated carbocycles. The van der Waals surface area contributed by atoms with Gasteiger partial charge in [-0.15, -0.1) is 0 Å². The van der Waals surface area contributed by atoms with E-state index < -0.39 is 9.84 Å². The van der Waals surface area contributed by atoms with Crippen LogP contribution in [0, 0.1) is 0 Å². The minimum atomic E-state index is -3.19. The fourth-order valence-corrected chi connectivity index (χ4v) is 1.71. The molecule has 1 rings (SSSR count). The Balaban J connectivity index is 2.75. The summed E-state index contributed by atoms with van der Waals surface area (Å²) in [5.74, 6) is 0.506. The Morgan fingerprint density at radius 3 is 2.73 bits per heavy atom. The largest absolute Gasteiger partial charge is 0.493 e. The highest BCUT2D eigenvalue weighted by molar-refractivity contribution is 7.90. The maximum absolute atomic E-state index is 11.2. The molecule has 4 nitrogen and oxygen atoms in total. The molecule has 15 heavy (non-hydrogen) atoms. The second-order valence-corrected chi connectivity index (χ2v) is 5.19. The van der Waals surface area contributed by atoms with E-state index in [0.29, 0.717) is 18.8 Å². The zero-order chi connectivity index (χ0) is 11.3. The Morgan fingerprint density at radius 1 is 1.40 bits per heavy atom. The molecule has 0 amide bonds. The van der Waals surface area contributed by atoms with E-state index in [9.17, 15) is 8.42 Å². The molecule has 1 aromatic carbocycles. The molecule has 0 aromatic heterocycles. The van der Waals surface area contributed by atoms with Crippen LogP contribution >= 0.6 is 0 Å². The van der Waals surface area contributed by atoms with Gasteiger partial charge in [-0.1, -0.05) is 6.07 Å². The van der Waals surface area contributed by atoms with Gasteiger partial charge >= 0.3 is 0 Å². The molecule has 1 aromatic rings. The van der Waals surface area contributed by atoms with Crippen LogP contribution < -0.4 is 4.74 Å². The number of aliphatic hydroxyl groups excluding tert-OH is 1.